The molecular weight excluding hydrogens is 480 g/mol. The Morgan fingerprint density at radius 1 is 0.906 bits per heavy atom. The summed E-state index contributed by atoms with van der Waals surface area (Å²) < 4.78 is 3.47. The molecule has 0 aliphatic carbocycles. The number of nitrogens with zero attached hydrogens (tertiary/aromatic N) is 2. The molecule has 1 aliphatic heterocycles. The third-order valence-electron chi connectivity index (χ3n) is 5.26. The predicted octanol–water partition coefficient (Wildman–Crippen LogP) is 5.43. The van der Waals surface area contributed by atoms with E-state index in [4.69, 9.17) is 4.99 Å². The molecule has 3 aromatic carbocycles. The highest BCUT2D eigenvalue weighted by molar-refractivity contribution is 9.10. The highest BCUT2D eigenvalue weighted by Gasteiger charge is 2.22. The Morgan fingerprint density at radius 3 is 2.31 bits per heavy atom. The molecular formula is C27H19BrN2OS. The summed E-state index contributed by atoms with van der Waals surface area (Å²) in [5.74, 6) is 0. The molecule has 32 heavy (non-hydrogen) atoms. The van der Waals surface area contributed by atoms with Gasteiger partial charge in [-0.05, 0) is 41.0 Å². The van der Waals surface area contributed by atoms with Gasteiger partial charge in [0.15, 0.2) is 4.80 Å². The van der Waals surface area contributed by atoms with Crippen LogP contribution in [0.25, 0.3) is 17.8 Å². The van der Waals surface area contributed by atoms with Crippen LogP contribution in [0.2, 0.25) is 0 Å². The summed E-state index contributed by atoms with van der Waals surface area (Å²) in [6.45, 7) is 0. The van der Waals surface area contributed by atoms with Crippen molar-refractivity contribution in [2.45, 2.75) is 6.04 Å². The fourth-order valence-corrected chi connectivity index (χ4v) is 4.91. The van der Waals surface area contributed by atoms with E-state index in [1.54, 1.807) is 4.57 Å². The Balaban J connectivity index is 1.64. The largest absolute Gasteiger partial charge is 0.272 e. The second-order valence-corrected chi connectivity index (χ2v) is 9.31. The number of halogens is 1. The Labute approximate surface area is 198 Å². The third-order valence-corrected chi connectivity index (χ3v) is 6.79. The van der Waals surface area contributed by atoms with E-state index in [-0.39, 0.29) is 11.6 Å². The van der Waals surface area contributed by atoms with Crippen molar-refractivity contribution in [3.8, 4) is 0 Å². The van der Waals surface area contributed by atoms with E-state index in [9.17, 15) is 4.79 Å². The van der Waals surface area contributed by atoms with Gasteiger partial charge in [0.2, 0.25) is 0 Å². The normalized spacial score (nSPS) is 16.0. The summed E-state index contributed by atoms with van der Waals surface area (Å²) in [6.07, 6.45) is 7.87. The van der Waals surface area contributed by atoms with Gasteiger partial charge >= 0.3 is 0 Å². The molecule has 0 fully saturated rings. The molecule has 5 heteroatoms. The van der Waals surface area contributed by atoms with Crippen molar-refractivity contribution >= 4 is 45.1 Å². The van der Waals surface area contributed by atoms with Crippen molar-refractivity contribution in [2.24, 2.45) is 4.99 Å². The standard InChI is InChI=1S/C27H19BrN2OS/c28-22-16-14-21(15-17-22)24-18-23(20-11-5-2-6-12-20)29-27-30(24)26(31)25(32-27)13-7-10-19-8-3-1-4-9-19/h1-18,24H/b10-7+,25-13?. The molecule has 5 rings (SSSR count). The maximum absolute atomic E-state index is 13.4. The van der Waals surface area contributed by atoms with Crippen LogP contribution in [0.5, 0.6) is 0 Å². The molecule has 3 nitrogen and oxygen atoms in total. The lowest BCUT2D eigenvalue weighted by atomic mass is 10.0. The molecule has 0 N–H and O–H groups in total. The van der Waals surface area contributed by atoms with Crippen LogP contribution in [0.4, 0.5) is 0 Å². The van der Waals surface area contributed by atoms with E-state index in [2.05, 4.69) is 22.0 Å². The first kappa shape index (κ1) is 20.6. The number of thiazole rings is 1. The van der Waals surface area contributed by atoms with Gasteiger partial charge in [0.05, 0.1) is 16.3 Å². The zero-order chi connectivity index (χ0) is 21.9. The lowest BCUT2D eigenvalue weighted by Gasteiger charge is -2.19. The maximum atomic E-state index is 13.4. The highest BCUT2D eigenvalue weighted by atomic mass is 79.9. The van der Waals surface area contributed by atoms with E-state index in [0.717, 1.165) is 26.9 Å². The summed E-state index contributed by atoms with van der Waals surface area (Å²) in [5, 5.41) is 0. The fourth-order valence-electron chi connectivity index (χ4n) is 3.67. The topological polar surface area (TPSA) is 34.4 Å². The molecule has 0 saturated carbocycles. The molecule has 1 aliphatic rings. The molecule has 1 atom stereocenters. The summed E-state index contributed by atoms with van der Waals surface area (Å²) in [4.78, 5) is 18.9. The minimum Gasteiger partial charge on any atom is -0.272 e. The number of aromatic nitrogens is 1. The molecule has 1 aromatic heterocycles. The van der Waals surface area contributed by atoms with E-state index in [1.165, 1.54) is 11.3 Å². The van der Waals surface area contributed by atoms with Crippen molar-refractivity contribution in [1.82, 2.24) is 4.57 Å². The number of benzene rings is 3. The van der Waals surface area contributed by atoms with Crippen LogP contribution in [0.3, 0.4) is 0 Å². The van der Waals surface area contributed by atoms with Gasteiger partial charge in [-0.3, -0.25) is 9.36 Å². The van der Waals surface area contributed by atoms with Gasteiger partial charge in [-0.2, -0.15) is 0 Å². The minimum absolute atomic E-state index is 0.0252. The van der Waals surface area contributed by atoms with Crippen LogP contribution in [-0.2, 0) is 0 Å². The monoisotopic (exact) mass is 498 g/mol. The molecule has 0 amide bonds. The molecule has 0 spiro atoms. The first-order valence-corrected chi connectivity index (χ1v) is 11.9. The Morgan fingerprint density at radius 2 is 1.59 bits per heavy atom. The van der Waals surface area contributed by atoms with Crippen LogP contribution in [0.15, 0.2) is 111 Å². The van der Waals surface area contributed by atoms with Crippen LogP contribution in [-0.4, -0.2) is 4.57 Å². The Bertz CT molecular complexity index is 1480. The minimum atomic E-state index is -0.213. The van der Waals surface area contributed by atoms with Crippen LogP contribution < -0.4 is 14.9 Å². The van der Waals surface area contributed by atoms with Crippen molar-refractivity contribution in [3.63, 3.8) is 0 Å². The zero-order valence-corrected chi connectivity index (χ0v) is 19.5. The summed E-state index contributed by atoms with van der Waals surface area (Å²) in [6, 6.07) is 28.0. The van der Waals surface area contributed by atoms with Gasteiger partial charge in [0, 0.05) is 4.47 Å². The first-order valence-electron chi connectivity index (χ1n) is 10.3. The SMILES string of the molecule is O=c1c(=C/C=C/c2ccccc2)sc2n1C(c1ccc(Br)cc1)C=C(c1ccccc1)N=2. The molecule has 0 radical (unpaired) electrons. The fraction of sp³-hybridized carbons (Fsp3) is 0.0370. The predicted molar refractivity (Wildman–Crippen MR) is 136 cm³/mol. The van der Waals surface area contributed by atoms with Crippen LogP contribution in [0, 0.1) is 0 Å². The Hall–Kier alpha value is -3.28. The molecule has 2 heterocycles. The van der Waals surface area contributed by atoms with Crippen LogP contribution in [0.1, 0.15) is 22.7 Å². The van der Waals surface area contributed by atoms with E-state index in [1.807, 2.05) is 103 Å². The quantitative estimate of drug-likeness (QED) is 0.369. The number of allylic oxidation sites excluding steroid dienone is 2. The smallest absolute Gasteiger partial charge is 0.271 e. The van der Waals surface area contributed by atoms with E-state index >= 15 is 0 Å². The molecule has 0 saturated heterocycles. The maximum Gasteiger partial charge on any atom is 0.271 e. The van der Waals surface area contributed by atoms with Gasteiger partial charge in [0.25, 0.3) is 5.56 Å². The number of hydrogen-bond donors (Lipinski definition) is 0. The summed E-state index contributed by atoms with van der Waals surface area (Å²) in [5.41, 5.74) is 4.03. The number of rotatable bonds is 4. The van der Waals surface area contributed by atoms with Gasteiger partial charge in [0.1, 0.15) is 0 Å². The van der Waals surface area contributed by atoms with E-state index in [0.29, 0.717) is 9.33 Å². The second kappa shape index (κ2) is 9.07. The Kier molecular flexibility index (Phi) is 5.84. The van der Waals surface area contributed by atoms with Crippen molar-refractivity contribution in [2.75, 3.05) is 0 Å². The zero-order valence-electron chi connectivity index (χ0n) is 17.1. The molecule has 1 unspecified atom stereocenters. The average Bonchev–Trinajstić information content (AvgIpc) is 3.16. The summed E-state index contributed by atoms with van der Waals surface area (Å²) >= 11 is 4.93. The van der Waals surface area contributed by atoms with Gasteiger partial charge in [-0.1, -0.05) is 112 Å². The average molecular weight is 499 g/mol. The van der Waals surface area contributed by atoms with Crippen molar-refractivity contribution < 1.29 is 0 Å². The van der Waals surface area contributed by atoms with E-state index < -0.39 is 0 Å². The van der Waals surface area contributed by atoms with Gasteiger partial charge < -0.3 is 0 Å². The number of fused-ring (bicyclic) bond motifs is 1. The van der Waals surface area contributed by atoms with Crippen molar-refractivity contribution in [3.05, 3.63) is 138 Å². The van der Waals surface area contributed by atoms with Gasteiger partial charge in [-0.25, -0.2) is 4.99 Å². The highest BCUT2D eigenvalue weighted by Crippen LogP contribution is 2.27. The molecule has 0 bridgehead atoms. The lowest BCUT2D eigenvalue weighted by Crippen LogP contribution is -2.36. The van der Waals surface area contributed by atoms with Crippen molar-refractivity contribution in [1.29, 1.82) is 0 Å². The summed E-state index contributed by atoms with van der Waals surface area (Å²) in [7, 11) is 0. The molecule has 156 valence electrons. The molecule has 4 aromatic rings. The van der Waals surface area contributed by atoms with Gasteiger partial charge in [-0.15, -0.1) is 0 Å². The lowest BCUT2D eigenvalue weighted by molar-refractivity contribution is 0.644. The van der Waals surface area contributed by atoms with Crippen LogP contribution >= 0.6 is 27.3 Å². The third kappa shape index (κ3) is 4.22. The second-order valence-electron chi connectivity index (χ2n) is 7.39. The number of hydrogen-bond acceptors (Lipinski definition) is 3. The first-order chi connectivity index (χ1) is 15.7.